The van der Waals surface area contributed by atoms with Crippen LogP contribution in [0.15, 0.2) is 22.0 Å². The second-order valence-electron chi connectivity index (χ2n) is 6.00. The number of allylic oxidation sites excluding steroid dienone is 3. The minimum atomic E-state index is 0.290. The van der Waals surface area contributed by atoms with E-state index in [0.29, 0.717) is 5.41 Å². The summed E-state index contributed by atoms with van der Waals surface area (Å²) in [5.41, 5.74) is 2.20. The molecule has 0 nitrogen and oxygen atoms in total. The summed E-state index contributed by atoms with van der Waals surface area (Å²) in [6, 6.07) is 0. The summed E-state index contributed by atoms with van der Waals surface area (Å²) in [6.07, 6.45) is 3.41. The summed E-state index contributed by atoms with van der Waals surface area (Å²) in [6.45, 7) is 13.9. The first-order valence-electron chi connectivity index (χ1n) is 5.28. The molecule has 0 aromatic carbocycles. The largest absolute Gasteiger partial charge is 0.102 e. The van der Waals surface area contributed by atoms with Gasteiger partial charge in [-0.25, -0.2) is 0 Å². The Balaban J connectivity index is 3.12. The van der Waals surface area contributed by atoms with Crippen molar-refractivity contribution in [3.63, 3.8) is 0 Å². The Morgan fingerprint density at radius 2 is 1.57 bits per heavy atom. The van der Waals surface area contributed by atoms with E-state index < -0.39 is 0 Å². The van der Waals surface area contributed by atoms with Crippen molar-refractivity contribution in [3.05, 3.63) is 22.0 Å². The van der Waals surface area contributed by atoms with Gasteiger partial charge in [-0.15, -0.1) is 11.8 Å². The molecule has 0 radical (unpaired) electrons. The van der Waals surface area contributed by atoms with Crippen LogP contribution in [0.4, 0.5) is 0 Å². The van der Waals surface area contributed by atoms with Crippen LogP contribution >= 0.6 is 11.8 Å². The Morgan fingerprint density at radius 1 is 1.00 bits per heavy atom. The lowest BCUT2D eigenvalue weighted by molar-refractivity contribution is 0.455. The van der Waals surface area contributed by atoms with Gasteiger partial charge in [0.2, 0.25) is 0 Å². The van der Waals surface area contributed by atoms with E-state index in [1.807, 2.05) is 11.8 Å². The van der Waals surface area contributed by atoms with Gasteiger partial charge in [0.25, 0.3) is 0 Å². The minimum Gasteiger partial charge on any atom is -0.102 e. The lowest BCUT2D eigenvalue weighted by Gasteiger charge is -2.33. The topological polar surface area (TPSA) is 0 Å². The van der Waals surface area contributed by atoms with Gasteiger partial charge in [-0.3, -0.25) is 0 Å². The van der Waals surface area contributed by atoms with E-state index in [4.69, 9.17) is 0 Å². The molecular formula is C13H22S. The van der Waals surface area contributed by atoms with E-state index in [2.05, 4.69) is 53.0 Å². The van der Waals surface area contributed by atoms with Crippen molar-refractivity contribution < 1.29 is 0 Å². The van der Waals surface area contributed by atoms with E-state index in [0.717, 1.165) is 6.42 Å². The third kappa shape index (κ3) is 2.66. The Hall–Kier alpha value is -0.170. The van der Waals surface area contributed by atoms with E-state index in [9.17, 15) is 0 Å². The molecule has 1 heterocycles. The maximum Gasteiger partial charge on any atom is -0.00544 e. The molecule has 1 rings (SSSR count). The molecule has 0 aromatic heterocycles. The predicted molar refractivity (Wildman–Crippen MR) is 67.3 cm³/mol. The minimum absolute atomic E-state index is 0.290. The highest BCUT2D eigenvalue weighted by atomic mass is 32.2. The number of hydrogen-bond donors (Lipinski definition) is 0. The Morgan fingerprint density at radius 3 is 1.93 bits per heavy atom. The molecule has 14 heavy (non-hydrogen) atoms. The maximum atomic E-state index is 2.31. The van der Waals surface area contributed by atoms with Gasteiger partial charge in [0.15, 0.2) is 0 Å². The quantitative estimate of drug-likeness (QED) is 0.543. The van der Waals surface area contributed by atoms with E-state index >= 15 is 0 Å². The van der Waals surface area contributed by atoms with Crippen LogP contribution in [0.1, 0.15) is 48.0 Å². The highest BCUT2D eigenvalue weighted by Gasteiger charge is 2.28. The summed E-state index contributed by atoms with van der Waals surface area (Å²) in [5.74, 6) is 0. The van der Waals surface area contributed by atoms with Crippen LogP contribution in [-0.2, 0) is 0 Å². The second-order valence-corrected chi connectivity index (χ2v) is 6.92. The first-order chi connectivity index (χ1) is 6.23. The number of rotatable bonds is 0. The van der Waals surface area contributed by atoms with E-state index in [-0.39, 0.29) is 5.41 Å². The molecule has 1 heteroatoms. The smallest absolute Gasteiger partial charge is 0.00544 e. The summed E-state index contributed by atoms with van der Waals surface area (Å²) >= 11 is 1.90. The molecule has 0 saturated carbocycles. The third-order valence-corrected chi connectivity index (χ3v) is 3.89. The second kappa shape index (κ2) is 3.77. The fourth-order valence-corrected chi connectivity index (χ4v) is 2.94. The fourth-order valence-electron chi connectivity index (χ4n) is 1.72. The molecular weight excluding hydrogens is 188 g/mol. The van der Waals surface area contributed by atoms with Crippen molar-refractivity contribution in [2.75, 3.05) is 0 Å². The molecule has 0 aliphatic carbocycles. The zero-order chi connectivity index (χ0) is 11.0. The molecule has 0 fully saturated rings. The van der Waals surface area contributed by atoms with Gasteiger partial charge in [0.05, 0.1) is 0 Å². The molecule has 0 amide bonds. The molecule has 0 bridgehead atoms. The Kier molecular flexibility index (Phi) is 3.20. The van der Waals surface area contributed by atoms with Crippen molar-refractivity contribution in [3.8, 4) is 0 Å². The van der Waals surface area contributed by atoms with Crippen molar-refractivity contribution in [2.45, 2.75) is 48.0 Å². The molecule has 0 N–H and O–H groups in total. The van der Waals surface area contributed by atoms with Crippen LogP contribution in [0.2, 0.25) is 0 Å². The lowest BCUT2D eigenvalue weighted by Crippen LogP contribution is -2.18. The van der Waals surface area contributed by atoms with Crippen molar-refractivity contribution >= 4 is 11.8 Å². The Labute approximate surface area is 92.9 Å². The molecule has 0 atom stereocenters. The maximum absolute atomic E-state index is 2.31. The molecule has 1 aliphatic heterocycles. The first-order valence-corrected chi connectivity index (χ1v) is 6.16. The SMILES string of the molecule is CC(C)(C)C1=C(C(C)(C)C)SC=CC1. The molecule has 1 aliphatic rings. The number of hydrogen-bond acceptors (Lipinski definition) is 1. The zero-order valence-electron chi connectivity index (χ0n) is 10.3. The van der Waals surface area contributed by atoms with Gasteiger partial charge in [-0.05, 0) is 27.6 Å². The van der Waals surface area contributed by atoms with E-state index in [1.54, 1.807) is 10.5 Å². The highest BCUT2D eigenvalue weighted by molar-refractivity contribution is 8.05. The monoisotopic (exact) mass is 210 g/mol. The first kappa shape index (κ1) is 11.9. The standard InChI is InChI=1S/C13H22S/c1-12(2,3)10-8-7-9-14-11(10)13(4,5)6/h7,9H,8H2,1-6H3. The predicted octanol–water partition coefficient (Wildman–Crippen LogP) is 4.98. The number of thioether (sulfide) groups is 1. The molecule has 0 unspecified atom stereocenters. The van der Waals surface area contributed by atoms with Gasteiger partial charge in [-0.1, -0.05) is 53.2 Å². The van der Waals surface area contributed by atoms with Crippen LogP contribution in [-0.4, -0.2) is 0 Å². The normalized spacial score (nSPS) is 19.0. The summed E-state index contributed by atoms with van der Waals surface area (Å²) in [5, 5.41) is 2.23. The van der Waals surface area contributed by atoms with Crippen LogP contribution in [0.5, 0.6) is 0 Å². The van der Waals surface area contributed by atoms with Gasteiger partial charge < -0.3 is 0 Å². The molecule has 0 saturated heterocycles. The van der Waals surface area contributed by atoms with Gasteiger partial charge in [0, 0.05) is 0 Å². The third-order valence-electron chi connectivity index (χ3n) is 2.46. The van der Waals surface area contributed by atoms with Crippen molar-refractivity contribution in [1.82, 2.24) is 0 Å². The van der Waals surface area contributed by atoms with Gasteiger partial charge in [0.1, 0.15) is 0 Å². The van der Waals surface area contributed by atoms with Crippen molar-refractivity contribution in [2.24, 2.45) is 10.8 Å². The molecule has 80 valence electrons. The van der Waals surface area contributed by atoms with Gasteiger partial charge in [-0.2, -0.15) is 0 Å². The van der Waals surface area contributed by atoms with Crippen molar-refractivity contribution in [1.29, 1.82) is 0 Å². The average Bonchev–Trinajstić information content (AvgIpc) is 2.01. The zero-order valence-corrected chi connectivity index (χ0v) is 11.1. The summed E-state index contributed by atoms with van der Waals surface area (Å²) in [4.78, 5) is 1.56. The van der Waals surface area contributed by atoms with Crippen LogP contribution < -0.4 is 0 Å². The average molecular weight is 210 g/mol. The molecule has 0 spiro atoms. The highest BCUT2D eigenvalue weighted by Crippen LogP contribution is 2.46. The Bertz CT molecular complexity index is 241. The lowest BCUT2D eigenvalue weighted by atomic mass is 9.79. The van der Waals surface area contributed by atoms with Gasteiger partial charge >= 0.3 is 0 Å². The summed E-state index contributed by atoms with van der Waals surface area (Å²) in [7, 11) is 0. The fraction of sp³-hybridized carbons (Fsp3) is 0.692. The van der Waals surface area contributed by atoms with Crippen LogP contribution in [0, 0.1) is 10.8 Å². The molecule has 0 aromatic rings. The van der Waals surface area contributed by atoms with E-state index in [1.165, 1.54) is 0 Å². The van der Waals surface area contributed by atoms with Crippen LogP contribution in [0.3, 0.4) is 0 Å². The van der Waals surface area contributed by atoms with Crippen LogP contribution in [0.25, 0.3) is 0 Å². The summed E-state index contributed by atoms with van der Waals surface area (Å²) < 4.78 is 0.